The van der Waals surface area contributed by atoms with Crippen molar-refractivity contribution in [3.63, 3.8) is 0 Å². The number of carbonyl (C=O) groups excluding carboxylic acids is 1. The smallest absolute Gasteiger partial charge is 0.200 e. The van der Waals surface area contributed by atoms with Crippen LogP contribution in [0.3, 0.4) is 0 Å². The number of rotatable bonds is 4. The van der Waals surface area contributed by atoms with Gasteiger partial charge in [-0.2, -0.15) is 0 Å². The number of Topliss-reactive ketones (excluding diaryl/α,β-unsaturated/α-hetero) is 1. The fourth-order valence-electron chi connectivity index (χ4n) is 3.20. The lowest BCUT2D eigenvalue weighted by Crippen LogP contribution is -2.30. The van der Waals surface area contributed by atoms with E-state index in [9.17, 15) is 9.90 Å². The van der Waals surface area contributed by atoms with Gasteiger partial charge in [0.1, 0.15) is 0 Å². The maximum absolute atomic E-state index is 12.8. The van der Waals surface area contributed by atoms with Crippen LogP contribution in [-0.2, 0) is 4.79 Å². The Kier molecular flexibility index (Phi) is 5.34. The van der Waals surface area contributed by atoms with Crippen molar-refractivity contribution in [1.82, 2.24) is 0 Å². The average Bonchev–Trinajstić information content (AvgIpc) is 2.52. The Balaban J connectivity index is 2.45. The molecule has 0 bridgehead atoms. The molecule has 1 aromatic carbocycles. The van der Waals surface area contributed by atoms with E-state index >= 15 is 0 Å². The van der Waals surface area contributed by atoms with Crippen molar-refractivity contribution in [1.29, 1.82) is 0 Å². The number of ketones is 1. The van der Waals surface area contributed by atoms with Gasteiger partial charge in [0.25, 0.3) is 0 Å². The zero-order valence-electron chi connectivity index (χ0n) is 14.6. The Morgan fingerprint density at radius 3 is 2.22 bits per heavy atom. The molecular formula is C19H26O4. The molecule has 1 fully saturated rings. The van der Waals surface area contributed by atoms with Gasteiger partial charge < -0.3 is 14.6 Å². The maximum Gasteiger partial charge on any atom is 0.200 e. The van der Waals surface area contributed by atoms with Gasteiger partial charge in [-0.3, -0.25) is 4.79 Å². The topological polar surface area (TPSA) is 55.8 Å². The highest BCUT2D eigenvalue weighted by Gasteiger charge is 2.32. The molecule has 1 saturated carbocycles. The molecule has 1 aliphatic rings. The number of aromatic hydroxyl groups is 1. The minimum atomic E-state index is -0.0276. The number of hydrogen-bond donors (Lipinski definition) is 1. The molecule has 0 saturated heterocycles. The van der Waals surface area contributed by atoms with E-state index in [4.69, 9.17) is 9.47 Å². The lowest BCUT2D eigenvalue weighted by atomic mass is 9.73. The molecule has 1 N–H and O–H groups in total. The summed E-state index contributed by atoms with van der Waals surface area (Å²) in [7, 11) is 2.99. The van der Waals surface area contributed by atoms with Crippen LogP contribution in [0.15, 0.2) is 17.7 Å². The van der Waals surface area contributed by atoms with Gasteiger partial charge in [0, 0.05) is 5.92 Å². The summed E-state index contributed by atoms with van der Waals surface area (Å²) in [6.45, 7) is 6.29. The first-order valence-electron chi connectivity index (χ1n) is 8.09. The van der Waals surface area contributed by atoms with Gasteiger partial charge in [0.05, 0.1) is 14.2 Å². The minimum Gasteiger partial charge on any atom is -0.502 e. The number of benzene rings is 1. The van der Waals surface area contributed by atoms with Crippen molar-refractivity contribution in [3.8, 4) is 17.2 Å². The number of ether oxygens (including phenoxy) is 2. The van der Waals surface area contributed by atoms with Crippen molar-refractivity contribution in [3.05, 3.63) is 23.3 Å². The molecule has 126 valence electrons. The quantitative estimate of drug-likeness (QED) is 0.850. The summed E-state index contributed by atoms with van der Waals surface area (Å²) >= 11 is 0. The van der Waals surface area contributed by atoms with Crippen LogP contribution in [0, 0.1) is 17.8 Å². The molecule has 2 rings (SSSR count). The van der Waals surface area contributed by atoms with Crippen molar-refractivity contribution in [2.24, 2.45) is 17.8 Å². The van der Waals surface area contributed by atoms with Gasteiger partial charge in [-0.15, -0.1) is 0 Å². The largest absolute Gasteiger partial charge is 0.502 e. The molecule has 1 aliphatic carbocycles. The second kappa shape index (κ2) is 7.07. The second-order valence-corrected chi connectivity index (χ2v) is 6.57. The van der Waals surface area contributed by atoms with E-state index in [2.05, 4.69) is 20.8 Å². The minimum absolute atomic E-state index is 0.0276. The normalized spacial score (nSPS) is 23.4. The van der Waals surface area contributed by atoms with Gasteiger partial charge in [-0.25, -0.2) is 0 Å². The molecule has 0 aromatic heterocycles. The lowest BCUT2D eigenvalue weighted by molar-refractivity contribution is -0.122. The Hall–Kier alpha value is -1.97. The van der Waals surface area contributed by atoms with E-state index in [1.165, 1.54) is 14.2 Å². The summed E-state index contributed by atoms with van der Waals surface area (Å²) in [5.41, 5.74) is 1.65. The number of phenols is 1. The molecule has 0 radical (unpaired) electrons. The SMILES string of the molecule is COc1cc(C=C2C(=O)[C@H](C(C)C)CC[C@H]2C)cc(OC)c1O. The third-order valence-electron chi connectivity index (χ3n) is 4.69. The summed E-state index contributed by atoms with van der Waals surface area (Å²) in [5.74, 6) is 1.58. The fraction of sp³-hybridized carbons (Fsp3) is 0.526. The van der Waals surface area contributed by atoms with Crippen molar-refractivity contribution < 1.29 is 19.4 Å². The second-order valence-electron chi connectivity index (χ2n) is 6.57. The Labute approximate surface area is 138 Å². The van der Waals surface area contributed by atoms with E-state index in [1.54, 1.807) is 12.1 Å². The number of hydrogen-bond acceptors (Lipinski definition) is 4. The molecule has 0 unspecified atom stereocenters. The highest BCUT2D eigenvalue weighted by atomic mass is 16.5. The van der Waals surface area contributed by atoms with Crippen LogP contribution >= 0.6 is 0 Å². The monoisotopic (exact) mass is 318 g/mol. The van der Waals surface area contributed by atoms with E-state index in [0.717, 1.165) is 24.0 Å². The summed E-state index contributed by atoms with van der Waals surface area (Å²) < 4.78 is 10.4. The van der Waals surface area contributed by atoms with Crippen LogP contribution < -0.4 is 9.47 Å². The van der Waals surface area contributed by atoms with Crippen LogP contribution in [0.4, 0.5) is 0 Å². The molecule has 1 aromatic rings. The molecular weight excluding hydrogens is 292 g/mol. The predicted molar refractivity (Wildman–Crippen MR) is 90.9 cm³/mol. The van der Waals surface area contributed by atoms with Crippen LogP contribution in [0.5, 0.6) is 17.2 Å². The lowest BCUT2D eigenvalue weighted by Gasteiger charge is -2.30. The summed E-state index contributed by atoms with van der Waals surface area (Å²) in [4.78, 5) is 12.8. The zero-order chi connectivity index (χ0) is 17.1. The van der Waals surface area contributed by atoms with E-state index < -0.39 is 0 Å². The number of carbonyl (C=O) groups is 1. The van der Waals surface area contributed by atoms with Crippen LogP contribution in [0.25, 0.3) is 6.08 Å². The van der Waals surface area contributed by atoms with E-state index in [0.29, 0.717) is 17.4 Å². The summed E-state index contributed by atoms with van der Waals surface area (Å²) in [6.07, 6.45) is 3.88. The predicted octanol–water partition coefficient (Wildman–Crippen LogP) is 4.06. The Morgan fingerprint density at radius 1 is 1.17 bits per heavy atom. The first-order valence-corrected chi connectivity index (χ1v) is 8.09. The summed E-state index contributed by atoms with van der Waals surface area (Å²) in [6, 6.07) is 3.45. The molecule has 0 heterocycles. The van der Waals surface area contributed by atoms with Crippen molar-refractivity contribution in [2.45, 2.75) is 33.6 Å². The van der Waals surface area contributed by atoms with Gasteiger partial charge >= 0.3 is 0 Å². The molecule has 0 amide bonds. The van der Waals surface area contributed by atoms with E-state index in [-0.39, 0.29) is 23.4 Å². The molecule has 23 heavy (non-hydrogen) atoms. The highest BCUT2D eigenvalue weighted by Crippen LogP contribution is 2.39. The molecule has 4 nitrogen and oxygen atoms in total. The van der Waals surface area contributed by atoms with E-state index in [1.807, 2.05) is 6.08 Å². The number of methoxy groups -OCH3 is 2. The number of phenolic OH excluding ortho intramolecular Hbond substituents is 1. The third-order valence-corrected chi connectivity index (χ3v) is 4.69. The van der Waals surface area contributed by atoms with Gasteiger partial charge in [0.2, 0.25) is 5.75 Å². The van der Waals surface area contributed by atoms with Crippen LogP contribution in [0.1, 0.15) is 39.2 Å². The van der Waals surface area contributed by atoms with Crippen LogP contribution in [-0.4, -0.2) is 25.1 Å². The maximum atomic E-state index is 12.8. The fourth-order valence-corrected chi connectivity index (χ4v) is 3.20. The van der Waals surface area contributed by atoms with Gasteiger partial charge in [0.15, 0.2) is 17.3 Å². The van der Waals surface area contributed by atoms with Crippen molar-refractivity contribution in [2.75, 3.05) is 14.2 Å². The molecule has 0 aliphatic heterocycles. The Morgan fingerprint density at radius 2 is 1.74 bits per heavy atom. The molecule has 4 heteroatoms. The first-order chi connectivity index (χ1) is 10.9. The third kappa shape index (κ3) is 3.52. The molecule has 0 spiro atoms. The number of allylic oxidation sites excluding steroid dienone is 1. The zero-order valence-corrected chi connectivity index (χ0v) is 14.6. The standard InChI is InChI=1S/C19H26O4/c1-11(2)14-7-6-12(3)15(18(14)20)8-13-9-16(22-4)19(21)17(10-13)23-5/h8-12,14,21H,6-7H2,1-5H3/t12-,14+/m1/s1. The van der Waals surface area contributed by atoms with Gasteiger partial charge in [-0.1, -0.05) is 20.8 Å². The average molecular weight is 318 g/mol. The highest BCUT2D eigenvalue weighted by molar-refractivity contribution is 6.02. The molecule has 2 atom stereocenters. The van der Waals surface area contributed by atoms with Crippen LogP contribution in [0.2, 0.25) is 0 Å². The van der Waals surface area contributed by atoms with Crippen molar-refractivity contribution >= 4 is 11.9 Å². The first kappa shape index (κ1) is 17.4. The Bertz CT molecular complexity index is 591. The van der Waals surface area contributed by atoms with Gasteiger partial charge in [-0.05, 0) is 54.0 Å². The summed E-state index contributed by atoms with van der Waals surface area (Å²) in [5, 5.41) is 10.0.